The van der Waals surface area contributed by atoms with Gasteiger partial charge < -0.3 is 0 Å². The molecule has 0 aliphatic rings. The van der Waals surface area contributed by atoms with Crippen LogP contribution in [0.2, 0.25) is 0 Å². The van der Waals surface area contributed by atoms with Gasteiger partial charge >= 0.3 is 0 Å². The van der Waals surface area contributed by atoms with E-state index in [4.69, 9.17) is 0 Å². The quantitative estimate of drug-likeness (QED) is 0.195. The molecule has 214 valence electrons. The van der Waals surface area contributed by atoms with E-state index in [2.05, 4.69) is 115 Å². The minimum absolute atomic E-state index is 0.609. The van der Waals surface area contributed by atoms with E-state index in [1.54, 1.807) is 0 Å². The number of benzene rings is 7. The lowest BCUT2D eigenvalue weighted by Crippen LogP contribution is -1.88. The molecule has 0 fully saturated rings. The number of rotatable bonds is 6. The summed E-state index contributed by atoms with van der Waals surface area (Å²) in [5.41, 5.74) is 13.9. The highest BCUT2D eigenvalue weighted by atomic mass is 14.2. The molecule has 0 aromatic heterocycles. The Kier molecular flexibility index (Phi) is 7.77. The molecular formula is C44H28N2. The van der Waals surface area contributed by atoms with Crippen molar-refractivity contribution in [3.63, 3.8) is 0 Å². The molecule has 0 spiro atoms. The van der Waals surface area contributed by atoms with Crippen LogP contribution < -0.4 is 0 Å². The Labute approximate surface area is 269 Å². The maximum atomic E-state index is 9.90. The third-order valence-corrected chi connectivity index (χ3v) is 8.30. The van der Waals surface area contributed by atoms with Gasteiger partial charge in [0.2, 0.25) is 0 Å². The summed E-state index contributed by atoms with van der Waals surface area (Å²) in [5, 5.41) is 19.8. The molecule has 7 aromatic carbocycles. The van der Waals surface area contributed by atoms with Gasteiger partial charge in [0, 0.05) is 0 Å². The molecule has 0 unspecified atom stereocenters. The average Bonchev–Trinajstić information content (AvgIpc) is 3.15. The lowest BCUT2D eigenvalue weighted by atomic mass is 9.92. The maximum Gasteiger partial charge on any atom is 0.0992 e. The average molecular weight is 585 g/mol. The van der Waals surface area contributed by atoms with Crippen LogP contribution in [0.1, 0.15) is 11.1 Å². The van der Waals surface area contributed by atoms with Crippen molar-refractivity contribution in [2.24, 2.45) is 0 Å². The Balaban J connectivity index is 1.22. The molecule has 0 aliphatic heterocycles. The molecular weight excluding hydrogens is 556 g/mol. The van der Waals surface area contributed by atoms with Gasteiger partial charge in [-0.05, 0) is 109 Å². The molecule has 7 aromatic rings. The fraction of sp³-hybridized carbons (Fsp3) is 0. The van der Waals surface area contributed by atoms with E-state index in [9.17, 15) is 10.5 Å². The second-order valence-corrected chi connectivity index (χ2v) is 11.3. The molecule has 0 amide bonds. The van der Waals surface area contributed by atoms with Crippen LogP contribution in [-0.2, 0) is 0 Å². The fourth-order valence-corrected chi connectivity index (χ4v) is 5.90. The van der Waals surface area contributed by atoms with Crippen molar-refractivity contribution in [1.82, 2.24) is 0 Å². The van der Waals surface area contributed by atoms with Crippen molar-refractivity contribution < 1.29 is 0 Å². The standard InChI is InChI=1S/C44H28N2/c45-29-31-22-41(37-18-14-35(15-19-37)33-8-3-1-4-9-33)27-43(24-31)39-12-7-13-40(26-39)44-25-32(30-46)23-42(28-44)38-20-16-36(17-21-38)34-10-5-2-6-11-34/h1-28H. The van der Waals surface area contributed by atoms with Crippen LogP contribution in [0.4, 0.5) is 0 Å². The van der Waals surface area contributed by atoms with Crippen LogP contribution in [0.25, 0.3) is 66.8 Å². The topological polar surface area (TPSA) is 47.6 Å². The van der Waals surface area contributed by atoms with Crippen LogP contribution in [0.15, 0.2) is 170 Å². The first kappa shape index (κ1) is 28.3. The zero-order valence-electron chi connectivity index (χ0n) is 25.1. The number of nitrogens with zero attached hydrogens (tertiary/aromatic N) is 2. The molecule has 46 heavy (non-hydrogen) atoms. The highest BCUT2D eigenvalue weighted by Gasteiger charge is 2.10. The van der Waals surface area contributed by atoms with Crippen molar-refractivity contribution in [1.29, 1.82) is 10.5 Å². The normalized spacial score (nSPS) is 10.6. The summed E-state index contributed by atoms with van der Waals surface area (Å²) in [6.45, 7) is 0. The summed E-state index contributed by atoms with van der Waals surface area (Å²) < 4.78 is 0. The minimum Gasteiger partial charge on any atom is -0.192 e. The Bertz CT molecular complexity index is 2070. The largest absolute Gasteiger partial charge is 0.192 e. The first-order valence-corrected chi connectivity index (χ1v) is 15.2. The Morgan fingerprint density at radius 3 is 0.848 bits per heavy atom. The first-order valence-electron chi connectivity index (χ1n) is 15.2. The summed E-state index contributed by atoms with van der Waals surface area (Å²) in [5.74, 6) is 0. The van der Waals surface area contributed by atoms with Gasteiger partial charge in [-0.1, -0.05) is 127 Å². The second-order valence-electron chi connectivity index (χ2n) is 11.3. The van der Waals surface area contributed by atoms with E-state index < -0.39 is 0 Å². The number of nitriles is 2. The van der Waals surface area contributed by atoms with Gasteiger partial charge in [-0.15, -0.1) is 0 Å². The zero-order chi connectivity index (χ0) is 31.3. The molecule has 0 radical (unpaired) electrons. The van der Waals surface area contributed by atoms with Crippen molar-refractivity contribution in [3.05, 3.63) is 181 Å². The molecule has 0 atom stereocenters. The van der Waals surface area contributed by atoms with E-state index in [0.29, 0.717) is 11.1 Å². The van der Waals surface area contributed by atoms with Crippen LogP contribution >= 0.6 is 0 Å². The lowest BCUT2D eigenvalue weighted by Gasteiger charge is -2.12. The molecule has 0 saturated carbocycles. The third kappa shape index (κ3) is 5.97. The van der Waals surface area contributed by atoms with Crippen LogP contribution in [-0.4, -0.2) is 0 Å². The predicted molar refractivity (Wildman–Crippen MR) is 188 cm³/mol. The van der Waals surface area contributed by atoms with Crippen molar-refractivity contribution in [2.75, 3.05) is 0 Å². The van der Waals surface area contributed by atoms with Crippen LogP contribution in [0.3, 0.4) is 0 Å². The highest BCUT2D eigenvalue weighted by molar-refractivity contribution is 5.82. The predicted octanol–water partition coefficient (Wildman–Crippen LogP) is 11.4. The van der Waals surface area contributed by atoms with Crippen LogP contribution in [0.5, 0.6) is 0 Å². The SMILES string of the molecule is N#Cc1cc(-c2ccc(-c3ccccc3)cc2)cc(-c2cccc(-c3cc(C#N)cc(-c4ccc(-c5ccccc5)cc4)c3)c2)c1. The van der Waals surface area contributed by atoms with E-state index in [1.807, 2.05) is 66.7 Å². The Hall–Kier alpha value is -6.48. The summed E-state index contributed by atoms with van der Waals surface area (Å²) >= 11 is 0. The van der Waals surface area contributed by atoms with E-state index >= 15 is 0 Å². The second kappa shape index (κ2) is 12.6. The molecule has 7 rings (SSSR count). The van der Waals surface area contributed by atoms with Gasteiger partial charge in [0.1, 0.15) is 0 Å². The van der Waals surface area contributed by atoms with E-state index in [-0.39, 0.29) is 0 Å². The molecule has 0 aliphatic carbocycles. The first-order chi connectivity index (χ1) is 22.7. The number of hydrogen-bond acceptors (Lipinski definition) is 2. The van der Waals surface area contributed by atoms with Crippen LogP contribution in [0, 0.1) is 22.7 Å². The molecule has 0 heterocycles. The van der Waals surface area contributed by atoms with Crippen molar-refractivity contribution >= 4 is 0 Å². The molecule has 0 bridgehead atoms. The Morgan fingerprint density at radius 2 is 0.500 bits per heavy atom. The van der Waals surface area contributed by atoms with Crippen molar-refractivity contribution in [2.45, 2.75) is 0 Å². The van der Waals surface area contributed by atoms with Gasteiger partial charge in [-0.25, -0.2) is 0 Å². The van der Waals surface area contributed by atoms with Gasteiger partial charge in [0.05, 0.1) is 23.3 Å². The smallest absolute Gasteiger partial charge is 0.0992 e. The summed E-state index contributed by atoms with van der Waals surface area (Å²) in [6.07, 6.45) is 0. The summed E-state index contributed by atoms with van der Waals surface area (Å²) in [6, 6.07) is 62.6. The van der Waals surface area contributed by atoms with Crippen molar-refractivity contribution in [3.8, 4) is 78.9 Å². The zero-order valence-corrected chi connectivity index (χ0v) is 25.1. The minimum atomic E-state index is 0.609. The van der Waals surface area contributed by atoms with Gasteiger partial charge in [0.25, 0.3) is 0 Å². The Morgan fingerprint density at radius 1 is 0.239 bits per heavy atom. The fourth-order valence-electron chi connectivity index (χ4n) is 5.90. The van der Waals surface area contributed by atoms with Gasteiger partial charge in [-0.2, -0.15) is 10.5 Å². The molecule has 0 saturated heterocycles. The third-order valence-electron chi connectivity index (χ3n) is 8.30. The van der Waals surface area contributed by atoms with E-state index in [1.165, 1.54) is 11.1 Å². The summed E-state index contributed by atoms with van der Waals surface area (Å²) in [7, 11) is 0. The summed E-state index contributed by atoms with van der Waals surface area (Å²) in [4.78, 5) is 0. The highest BCUT2D eigenvalue weighted by Crippen LogP contribution is 2.34. The maximum absolute atomic E-state index is 9.90. The molecule has 2 heteroatoms. The molecule has 2 nitrogen and oxygen atoms in total. The lowest BCUT2D eigenvalue weighted by molar-refractivity contribution is 1.47. The molecule has 0 N–H and O–H groups in total. The number of hydrogen-bond donors (Lipinski definition) is 0. The van der Waals surface area contributed by atoms with E-state index in [0.717, 1.165) is 55.6 Å². The monoisotopic (exact) mass is 584 g/mol. The van der Waals surface area contributed by atoms with Gasteiger partial charge in [0.15, 0.2) is 0 Å². The van der Waals surface area contributed by atoms with Gasteiger partial charge in [-0.3, -0.25) is 0 Å².